The largest absolute Gasteiger partial charge is 0.452 e. The van der Waals surface area contributed by atoms with Crippen LogP contribution in [0, 0.1) is 23.7 Å². The highest BCUT2D eigenvalue weighted by Crippen LogP contribution is 2.61. The number of nitrogens with one attached hydrogen (secondary N) is 2. The molecule has 0 aromatic heterocycles. The fourth-order valence-corrected chi connectivity index (χ4v) is 6.61. The highest BCUT2D eigenvalue weighted by Gasteiger charge is 2.64. The van der Waals surface area contributed by atoms with E-state index in [1.165, 1.54) is 22.6 Å². The molecule has 3 aliphatic rings. The van der Waals surface area contributed by atoms with E-state index in [4.69, 9.17) is 4.74 Å². The molecule has 202 valence electrons. The molecule has 3 aromatic rings. The minimum absolute atomic E-state index is 0.0985. The van der Waals surface area contributed by atoms with Crippen LogP contribution in [0.2, 0.25) is 0 Å². The Labute approximate surface area is 230 Å². The van der Waals surface area contributed by atoms with Crippen molar-refractivity contribution in [3.8, 4) is 0 Å². The zero-order chi connectivity index (χ0) is 27.8. The lowest BCUT2D eigenvalue weighted by Crippen LogP contribution is -2.43. The molecule has 6 rings (SSSR count). The summed E-state index contributed by atoms with van der Waals surface area (Å²) in [6.45, 7) is -0.631. The summed E-state index contributed by atoms with van der Waals surface area (Å²) >= 11 is 0. The smallest absolute Gasteiger partial charge is 0.338 e. The number of carbonyl (C=O) groups excluding carboxylic acids is 5. The van der Waals surface area contributed by atoms with Gasteiger partial charge in [-0.15, -0.1) is 0 Å². The molecule has 2 saturated carbocycles. The maximum absolute atomic E-state index is 13.6. The Hall–Kier alpha value is -4.79. The van der Waals surface area contributed by atoms with Gasteiger partial charge in [0.2, 0.25) is 11.8 Å². The Morgan fingerprint density at radius 3 is 2.20 bits per heavy atom. The fourth-order valence-electron chi connectivity index (χ4n) is 6.61. The number of hydrazine groups is 1. The molecule has 2 aliphatic carbocycles. The number of rotatable bonds is 6. The van der Waals surface area contributed by atoms with Crippen LogP contribution in [0.4, 0.5) is 5.69 Å². The van der Waals surface area contributed by atoms with E-state index in [1.807, 2.05) is 18.2 Å². The number of amides is 4. The average molecular weight is 538 g/mol. The fraction of sp³-hybridized carbons (Fsp3) is 0.258. The lowest BCUT2D eigenvalue weighted by atomic mass is 9.73. The minimum Gasteiger partial charge on any atom is -0.452 e. The Bertz CT molecular complexity index is 1490. The van der Waals surface area contributed by atoms with Gasteiger partial charge in [-0.25, -0.2) is 4.79 Å². The van der Waals surface area contributed by atoms with E-state index in [1.54, 1.807) is 42.5 Å². The number of anilines is 1. The highest BCUT2D eigenvalue weighted by molar-refractivity contribution is 6.23. The van der Waals surface area contributed by atoms with E-state index in [-0.39, 0.29) is 47.0 Å². The molecule has 2 bridgehead atoms. The van der Waals surface area contributed by atoms with E-state index in [2.05, 4.69) is 23.0 Å². The lowest BCUT2D eigenvalue weighted by molar-refractivity contribution is -0.125. The lowest BCUT2D eigenvalue weighted by Gasteiger charge is -2.28. The number of nitrogens with zero attached hydrogens (tertiary/aromatic N) is 1. The van der Waals surface area contributed by atoms with Gasteiger partial charge in [0.25, 0.3) is 11.8 Å². The molecule has 3 fully saturated rings. The molecule has 9 nitrogen and oxygen atoms in total. The van der Waals surface area contributed by atoms with Gasteiger partial charge < -0.3 is 4.74 Å². The molecule has 0 unspecified atom stereocenters. The van der Waals surface area contributed by atoms with Crippen LogP contribution < -0.4 is 15.8 Å². The average Bonchev–Trinajstić information content (AvgIpc) is 3.66. The first-order valence-electron chi connectivity index (χ1n) is 13.3. The Morgan fingerprint density at radius 1 is 0.775 bits per heavy atom. The zero-order valence-corrected chi connectivity index (χ0v) is 21.5. The predicted molar refractivity (Wildman–Crippen MR) is 144 cm³/mol. The summed E-state index contributed by atoms with van der Waals surface area (Å²) in [5.74, 6) is -2.62. The second kappa shape index (κ2) is 10.4. The van der Waals surface area contributed by atoms with Crippen molar-refractivity contribution in [1.82, 2.24) is 10.9 Å². The number of benzene rings is 3. The zero-order valence-electron chi connectivity index (χ0n) is 21.5. The molecule has 1 heterocycles. The topological polar surface area (TPSA) is 122 Å². The Morgan fingerprint density at radius 2 is 1.45 bits per heavy atom. The number of esters is 1. The van der Waals surface area contributed by atoms with Crippen molar-refractivity contribution in [1.29, 1.82) is 0 Å². The molecule has 3 aromatic carbocycles. The number of imide groups is 1. The van der Waals surface area contributed by atoms with Crippen LogP contribution in [0.3, 0.4) is 0 Å². The quantitative estimate of drug-likeness (QED) is 0.283. The van der Waals surface area contributed by atoms with Gasteiger partial charge in [-0.05, 0) is 66.5 Å². The van der Waals surface area contributed by atoms with Crippen molar-refractivity contribution in [2.24, 2.45) is 23.7 Å². The van der Waals surface area contributed by atoms with Gasteiger partial charge in [0.05, 0.1) is 23.1 Å². The van der Waals surface area contributed by atoms with Gasteiger partial charge in [0.15, 0.2) is 6.61 Å². The molecule has 40 heavy (non-hydrogen) atoms. The summed E-state index contributed by atoms with van der Waals surface area (Å²) in [6, 6.07) is 24.6. The van der Waals surface area contributed by atoms with Crippen LogP contribution in [0.5, 0.6) is 0 Å². The summed E-state index contributed by atoms with van der Waals surface area (Å²) in [6.07, 6.45) is 1.77. The maximum atomic E-state index is 13.6. The summed E-state index contributed by atoms with van der Waals surface area (Å²) in [5, 5.41) is 0. The van der Waals surface area contributed by atoms with Gasteiger partial charge >= 0.3 is 5.97 Å². The van der Waals surface area contributed by atoms with E-state index in [0.717, 1.165) is 12.8 Å². The van der Waals surface area contributed by atoms with Crippen LogP contribution in [0.15, 0.2) is 84.9 Å². The van der Waals surface area contributed by atoms with Crippen molar-refractivity contribution in [2.45, 2.75) is 18.8 Å². The molecular weight excluding hydrogens is 510 g/mol. The molecule has 5 atom stereocenters. The molecule has 1 saturated heterocycles. The van der Waals surface area contributed by atoms with Gasteiger partial charge in [-0.2, -0.15) is 0 Å². The van der Waals surface area contributed by atoms with Crippen molar-refractivity contribution >= 4 is 35.3 Å². The third kappa shape index (κ3) is 4.53. The highest BCUT2D eigenvalue weighted by atomic mass is 16.5. The minimum atomic E-state index is -0.796. The molecule has 9 heteroatoms. The second-order valence-corrected chi connectivity index (χ2v) is 10.5. The molecule has 4 amide bonds. The van der Waals surface area contributed by atoms with Crippen LogP contribution in [0.1, 0.15) is 45.0 Å². The van der Waals surface area contributed by atoms with E-state index >= 15 is 0 Å². The van der Waals surface area contributed by atoms with Crippen molar-refractivity contribution in [2.75, 3.05) is 11.5 Å². The normalized spacial score (nSPS) is 24.5. The summed E-state index contributed by atoms with van der Waals surface area (Å²) in [7, 11) is 0. The second-order valence-electron chi connectivity index (χ2n) is 10.5. The monoisotopic (exact) mass is 537 g/mol. The van der Waals surface area contributed by atoms with E-state index in [0.29, 0.717) is 11.3 Å². The Balaban J connectivity index is 1.09. The first-order chi connectivity index (χ1) is 19.4. The van der Waals surface area contributed by atoms with Crippen molar-refractivity contribution in [3.05, 3.63) is 102 Å². The third-order valence-corrected chi connectivity index (χ3v) is 8.27. The number of carbonyl (C=O) groups is 5. The molecule has 0 radical (unpaired) electrons. The number of fused-ring (bicyclic) bond motifs is 5. The summed E-state index contributed by atoms with van der Waals surface area (Å²) < 4.78 is 5.09. The predicted octanol–water partition coefficient (Wildman–Crippen LogP) is 3.23. The van der Waals surface area contributed by atoms with Crippen LogP contribution in [0.25, 0.3) is 0 Å². The molecule has 2 N–H and O–H groups in total. The summed E-state index contributed by atoms with van der Waals surface area (Å²) in [5.41, 5.74) is 6.42. The van der Waals surface area contributed by atoms with E-state index < -0.39 is 24.4 Å². The van der Waals surface area contributed by atoms with Gasteiger partial charge in [-0.3, -0.25) is 34.9 Å². The van der Waals surface area contributed by atoms with Crippen molar-refractivity contribution in [3.63, 3.8) is 0 Å². The van der Waals surface area contributed by atoms with Crippen LogP contribution in [-0.4, -0.2) is 36.2 Å². The van der Waals surface area contributed by atoms with Crippen LogP contribution >= 0.6 is 0 Å². The van der Waals surface area contributed by atoms with Gasteiger partial charge in [0.1, 0.15) is 0 Å². The van der Waals surface area contributed by atoms with Gasteiger partial charge in [0, 0.05) is 5.56 Å². The SMILES string of the molecule is O=C(COC(=O)c1cccc(N2C(=O)[C@@H]3[C@@H]4C[C@@H]([C@@H]3C2=O)[C@H](c2ccccc2)C4)c1)NNC(=O)c1ccccc1. The summed E-state index contributed by atoms with van der Waals surface area (Å²) in [4.78, 5) is 65.1. The molecule has 0 spiro atoms. The standard InChI is InChI=1S/C31H27N3O6/c35-25(32-33-28(36)19-10-5-2-6-11-19)17-40-31(39)20-12-7-13-22(14-20)34-29(37)26-21-15-23(18-8-3-1-4-9-18)24(16-21)27(26)30(34)38/h1-14,21,23-24,26-27H,15-17H2,(H,32,35)(H,33,36)/t21-,23-,24+,26+,27-/m0/s1. The third-order valence-electron chi connectivity index (χ3n) is 8.27. The Kier molecular flexibility index (Phi) is 6.63. The first-order valence-corrected chi connectivity index (χ1v) is 13.3. The van der Waals surface area contributed by atoms with Gasteiger partial charge in [-0.1, -0.05) is 54.6 Å². The number of ether oxygens (including phenoxy) is 1. The molecular formula is C31H27N3O6. The van der Waals surface area contributed by atoms with Crippen molar-refractivity contribution < 1.29 is 28.7 Å². The first kappa shape index (κ1) is 25.5. The maximum Gasteiger partial charge on any atom is 0.338 e. The number of hydrogen-bond acceptors (Lipinski definition) is 6. The van der Waals surface area contributed by atoms with E-state index in [9.17, 15) is 24.0 Å². The number of hydrogen-bond donors (Lipinski definition) is 2. The van der Waals surface area contributed by atoms with Crippen LogP contribution in [-0.2, 0) is 19.1 Å². The molecule has 1 aliphatic heterocycles.